The maximum Gasteiger partial charge on any atom is 0.251 e. The monoisotopic (exact) mass is 294 g/mol. The maximum atomic E-state index is 13.7. The van der Waals surface area contributed by atoms with Crippen LogP contribution in [-0.4, -0.2) is 19.0 Å². The molecule has 112 valence electrons. The first-order valence-electron chi connectivity index (χ1n) is 6.65. The second-order valence-electron chi connectivity index (χ2n) is 4.43. The molecular weight excluding hydrogens is 278 g/mol. The van der Waals surface area contributed by atoms with E-state index in [1.807, 2.05) is 0 Å². The zero-order chi connectivity index (χ0) is 15.2. The number of rotatable bonds is 6. The zero-order valence-corrected chi connectivity index (χ0v) is 11.6. The van der Waals surface area contributed by atoms with Gasteiger partial charge in [0.15, 0.2) is 0 Å². The van der Waals surface area contributed by atoms with Crippen molar-refractivity contribution in [2.24, 2.45) is 0 Å². The minimum absolute atomic E-state index is 0.0499. The summed E-state index contributed by atoms with van der Waals surface area (Å²) in [6, 6.07) is 5.57. The Balaban J connectivity index is 1.99. The first-order chi connectivity index (χ1) is 10.1. The van der Waals surface area contributed by atoms with Gasteiger partial charge in [0, 0.05) is 25.1 Å². The standard InChI is InChI=1S/C15H16F2N2O2/c1-2-18-14-12(16)8-10(9-13(14)17)15(20)19-6-5-11-4-3-7-21-11/h3-4,7-9,18H,2,5-6H2,1H3,(H,19,20). The fraction of sp³-hybridized carbons (Fsp3) is 0.267. The van der Waals surface area contributed by atoms with Gasteiger partial charge >= 0.3 is 0 Å². The van der Waals surface area contributed by atoms with Crippen molar-refractivity contribution in [1.82, 2.24) is 5.32 Å². The first kappa shape index (κ1) is 15.0. The van der Waals surface area contributed by atoms with Crippen LogP contribution < -0.4 is 10.6 Å². The lowest BCUT2D eigenvalue weighted by Gasteiger charge is -2.09. The highest BCUT2D eigenvalue weighted by Crippen LogP contribution is 2.20. The van der Waals surface area contributed by atoms with Crippen LogP contribution in [0.3, 0.4) is 0 Å². The van der Waals surface area contributed by atoms with E-state index >= 15 is 0 Å². The number of halogens is 2. The minimum Gasteiger partial charge on any atom is -0.469 e. The van der Waals surface area contributed by atoms with Crippen LogP contribution in [0.25, 0.3) is 0 Å². The highest BCUT2D eigenvalue weighted by atomic mass is 19.1. The normalized spacial score (nSPS) is 10.4. The predicted molar refractivity (Wildman–Crippen MR) is 75.3 cm³/mol. The zero-order valence-electron chi connectivity index (χ0n) is 11.6. The molecule has 0 atom stereocenters. The number of benzene rings is 1. The number of furan rings is 1. The largest absolute Gasteiger partial charge is 0.469 e. The Hall–Kier alpha value is -2.37. The summed E-state index contributed by atoms with van der Waals surface area (Å²) in [5.41, 5.74) is -0.268. The van der Waals surface area contributed by atoms with E-state index in [0.29, 0.717) is 19.5 Å². The van der Waals surface area contributed by atoms with E-state index in [-0.39, 0.29) is 11.3 Å². The number of anilines is 1. The van der Waals surface area contributed by atoms with Crippen molar-refractivity contribution in [3.05, 3.63) is 53.5 Å². The molecule has 2 rings (SSSR count). The van der Waals surface area contributed by atoms with Gasteiger partial charge < -0.3 is 15.1 Å². The van der Waals surface area contributed by atoms with Crippen LogP contribution in [0.5, 0.6) is 0 Å². The van der Waals surface area contributed by atoms with E-state index in [1.54, 1.807) is 25.3 Å². The molecule has 0 bridgehead atoms. The van der Waals surface area contributed by atoms with Crippen molar-refractivity contribution in [2.45, 2.75) is 13.3 Å². The van der Waals surface area contributed by atoms with E-state index in [0.717, 1.165) is 17.9 Å². The molecule has 1 heterocycles. The molecule has 0 spiro atoms. The Morgan fingerprint density at radius 2 is 2.00 bits per heavy atom. The predicted octanol–water partition coefficient (Wildman–Crippen LogP) is 2.96. The van der Waals surface area contributed by atoms with Crippen LogP contribution in [0.2, 0.25) is 0 Å². The van der Waals surface area contributed by atoms with Crippen LogP contribution in [-0.2, 0) is 6.42 Å². The molecule has 21 heavy (non-hydrogen) atoms. The third-order valence-corrected chi connectivity index (χ3v) is 2.89. The molecule has 1 aromatic carbocycles. The Morgan fingerprint density at radius 1 is 1.29 bits per heavy atom. The molecule has 1 amide bonds. The van der Waals surface area contributed by atoms with Crippen LogP contribution in [0.4, 0.5) is 14.5 Å². The average Bonchev–Trinajstić information content (AvgIpc) is 2.95. The lowest BCUT2D eigenvalue weighted by Crippen LogP contribution is -2.26. The number of carbonyl (C=O) groups is 1. The van der Waals surface area contributed by atoms with Gasteiger partial charge in [-0.15, -0.1) is 0 Å². The SMILES string of the molecule is CCNc1c(F)cc(C(=O)NCCc2ccco2)cc1F. The molecule has 0 radical (unpaired) electrons. The molecule has 0 unspecified atom stereocenters. The fourth-order valence-corrected chi connectivity index (χ4v) is 1.91. The van der Waals surface area contributed by atoms with Gasteiger partial charge in [-0.3, -0.25) is 4.79 Å². The summed E-state index contributed by atoms with van der Waals surface area (Å²) in [5.74, 6) is -1.36. The van der Waals surface area contributed by atoms with Crippen LogP contribution >= 0.6 is 0 Å². The topological polar surface area (TPSA) is 54.3 Å². The van der Waals surface area contributed by atoms with Crippen LogP contribution in [0.1, 0.15) is 23.0 Å². The van der Waals surface area contributed by atoms with Crippen molar-refractivity contribution in [3.8, 4) is 0 Å². The highest BCUT2D eigenvalue weighted by molar-refractivity contribution is 5.94. The number of hydrogen-bond acceptors (Lipinski definition) is 3. The van der Waals surface area contributed by atoms with Crippen molar-refractivity contribution < 1.29 is 18.0 Å². The smallest absolute Gasteiger partial charge is 0.251 e. The summed E-state index contributed by atoms with van der Waals surface area (Å²) in [7, 11) is 0. The summed E-state index contributed by atoms with van der Waals surface area (Å²) >= 11 is 0. The molecule has 0 aliphatic carbocycles. The van der Waals surface area contributed by atoms with E-state index in [1.165, 1.54) is 0 Å². The van der Waals surface area contributed by atoms with Gasteiger partial charge in [-0.2, -0.15) is 0 Å². The van der Waals surface area contributed by atoms with E-state index in [4.69, 9.17) is 4.42 Å². The molecule has 0 aliphatic rings. The number of amides is 1. The second-order valence-corrected chi connectivity index (χ2v) is 4.43. The molecule has 2 N–H and O–H groups in total. The number of hydrogen-bond donors (Lipinski definition) is 2. The van der Waals surface area contributed by atoms with E-state index < -0.39 is 17.5 Å². The summed E-state index contributed by atoms with van der Waals surface area (Å²) in [5, 5.41) is 5.17. The van der Waals surface area contributed by atoms with Gasteiger partial charge in [0.2, 0.25) is 0 Å². The highest BCUT2D eigenvalue weighted by Gasteiger charge is 2.14. The summed E-state index contributed by atoms with van der Waals surface area (Å²) in [6.45, 7) is 2.45. The average molecular weight is 294 g/mol. The molecule has 4 nitrogen and oxygen atoms in total. The Kier molecular flexibility index (Phi) is 4.92. The molecule has 1 aromatic heterocycles. The van der Waals surface area contributed by atoms with Crippen LogP contribution in [0.15, 0.2) is 34.9 Å². The molecule has 0 fully saturated rings. The maximum absolute atomic E-state index is 13.7. The first-order valence-corrected chi connectivity index (χ1v) is 6.65. The molecule has 6 heteroatoms. The lowest BCUT2D eigenvalue weighted by atomic mass is 10.1. The third kappa shape index (κ3) is 3.81. The summed E-state index contributed by atoms with van der Waals surface area (Å²) < 4.78 is 32.5. The van der Waals surface area contributed by atoms with Crippen molar-refractivity contribution >= 4 is 11.6 Å². The summed E-state index contributed by atoms with van der Waals surface area (Å²) in [6.07, 6.45) is 2.06. The van der Waals surface area contributed by atoms with Gasteiger partial charge in [0.25, 0.3) is 5.91 Å². The van der Waals surface area contributed by atoms with Crippen molar-refractivity contribution in [3.63, 3.8) is 0 Å². The number of carbonyl (C=O) groups excluding carboxylic acids is 1. The van der Waals surface area contributed by atoms with Gasteiger partial charge in [-0.05, 0) is 31.2 Å². The molecule has 2 aromatic rings. The van der Waals surface area contributed by atoms with Gasteiger partial charge in [0.05, 0.1) is 6.26 Å². The Labute approximate surface area is 121 Å². The molecule has 0 saturated heterocycles. The molecule has 0 aliphatic heterocycles. The lowest BCUT2D eigenvalue weighted by molar-refractivity contribution is 0.0953. The van der Waals surface area contributed by atoms with Crippen LogP contribution in [0, 0.1) is 11.6 Å². The van der Waals surface area contributed by atoms with Gasteiger partial charge in [-0.25, -0.2) is 8.78 Å². The minimum atomic E-state index is -0.784. The fourth-order valence-electron chi connectivity index (χ4n) is 1.91. The van der Waals surface area contributed by atoms with E-state index in [9.17, 15) is 13.6 Å². The van der Waals surface area contributed by atoms with E-state index in [2.05, 4.69) is 10.6 Å². The quantitative estimate of drug-likeness (QED) is 0.861. The Bertz CT molecular complexity index is 589. The van der Waals surface area contributed by atoms with Gasteiger partial charge in [0.1, 0.15) is 23.1 Å². The second kappa shape index (κ2) is 6.88. The molecular formula is C15H16F2N2O2. The third-order valence-electron chi connectivity index (χ3n) is 2.89. The van der Waals surface area contributed by atoms with Gasteiger partial charge in [-0.1, -0.05) is 0 Å². The summed E-state index contributed by atoms with van der Waals surface area (Å²) in [4.78, 5) is 11.9. The molecule has 0 saturated carbocycles. The van der Waals surface area contributed by atoms with Crippen molar-refractivity contribution in [2.75, 3.05) is 18.4 Å². The number of nitrogens with one attached hydrogen (secondary N) is 2. The van der Waals surface area contributed by atoms with Crippen molar-refractivity contribution in [1.29, 1.82) is 0 Å². The Morgan fingerprint density at radius 3 is 2.57 bits per heavy atom.